The van der Waals surface area contributed by atoms with Crippen molar-refractivity contribution in [3.63, 3.8) is 0 Å². The van der Waals surface area contributed by atoms with E-state index in [1.165, 1.54) is 6.07 Å². The van der Waals surface area contributed by atoms with E-state index in [1.807, 2.05) is 22.6 Å². The highest BCUT2D eigenvalue weighted by Crippen LogP contribution is 2.31. The summed E-state index contributed by atoms with van der Waals surface area (Å²) in [5.41, 5.74) is -0.157. The number of hydrogen-bond acceptors (Lipinski definition) is 4. The predicted octanol–water partition coefficient (Wildman–Crippen LogP) is 3.17. The molecule has 0 fully saturated rings. The van der Waals surface area contributed by atoms with Gasteiger partial charge >= 0.3 is 12.3 Å². The Morgan fingerprint density at radius 2 is 2.10 bits per heavy atom. The summed E-state index contributed by atoms with van der Waals surface area (Å²) in [4.78, 5) is 11.4. The molecule has 0 unspecified atom stereocenters. The minimum Gasteiger partial charge on any atom is -0.466 e. The van der Waals surface area contributed by atoms with Gasteiger partial charge in [0.05, 0.1) is 18.6 Å². The average molecular weight is 399 g/mol. The van der Waals surface area contributed by atoms with Crippen LogP contribution in [0.15, 0.2) is 12.1 Å². The number of halogens is 4. The molecule has 0 amide bonds. The third-order valence-corrected chi connectivity index (χ3v) is 3.19. The van der Waals surface area contributed by atoms with Crippen LogP contribution in [0.25, 0.3) is 0 Å². The number of nitrogens with zero attached hydrogens (tertiary/aromatic N) is 1. The maximum Gasteiger partial charge on any atom is 0.573 e. The van der Waals surface area contributed by atoms with E-state index in [1.54, 1.807) is 13.0 Å². The van der Waals surface area contributed by atoms with Gasteiger partial charge in [0, 0.05) is 3.57 Å². The number of rotatable bonds is 4. The fourth-order valence-corrected chi connectivity index (χ4v) is 2.10. The topological polar surface area (TPSA) is 59.3 Å². The molecule has 0 heterocycles. The number of benzene rings is 1. The first kappa shape index (κ1) is 16.6. The monoisotopic (exact) mass is 399 g/mol. The molecular formula is C12H9F3INO3. The van der Waals surface area contributed by atoms with Crippen LogP contribution in [0.3, 0.4) is 0 Å². The Kier molecular flexibility index (Phi) is 5.62. The third-order valence-electron chi connectivity index (χ3n) is 2.18. The number of ether oxygens (including phenoxy) is 2. The number of alkyl halides is 3. The molecule has 0 aliphatic carbocycles. The van der Waals surface area contributed by atoms with Crippen LogP contribution in [0.5, 0.6) is 5.75 Å². The smallest absolute Gasteiger partial charge is 0.466 e. The van der Waals surface area contributed by atoms with E-state index < -0.39 is 18.1 Å². The fourth-order valence-electron chi connectivity index (χ4n) is 1.46. The summed E-state index contributed by atoms with van der Waals surface area (Å²) >= 11 is 1.83. The van der Waals surface area contributed by atoms with E-state index in [9.17, 15) is 18.0 Å². The van der Waals surface area contributed by atoms with E-state index in [0.29, 0.717) is 3.57 Å². The lowest BCUT2D eigenvalue weighted by molar-refractivity contribution is -0.274. The van der Waals surface area contributed by atoms with Gasteiger partial charge in [-0.1, -0.05) is 0 Å². The van der Waals surface area contributed by atoms with Gasteiger partial charge in [-0.25, -0.2) is 0 Å². The van der Waals surface area contributed by atoms with Crippen LogP contribution in [-0.4, -0.2) is 18.9 Å². The molecule has 0 aliphatic rings. The normalized spacial score (nSPS) is 10.8. The highest BCUT2D eigenvalue weighted by Gasteiger charge is 2.33. The number of hydrogen-bond donors (Lipinski definition) is 0. The molecule has 0 spiro atoms. The van der Waals surface area contributed by atoms with Gasteiger partial charge in [-0.05, 0) is 47.2 Å². The Balaban J connectivity index is 3.19. The molecule has 0 atom stereocenters. The van der Waals surface area contributed by atoms with Gasteiger partial charge in [0.1, 0.15) is 11.8 Å². The van der Waals surface area contributed by atoms with Crippen molar-refractivity contribution >= 4 is 28.6 Å². The van der Waals surface area contributed by atoms with Crippen molar-refractivity contribution in [3.05, 3.63) is 26.8 Å². The number of nitriles is 1. The second-order valence-electron chi connectivity index (χ2n) is 3.54. The van der Waals surface area contributed by atoms with Gasteiger partial charge in [-0.2, -0.15) is 5.26 Å². The van der Waals surface area contributed by atoms with E-state index in [2.05, 4.69) is 4.74 Å². The number of esters is 1. The van der Waals surface area contributed by atoms with Crippen molar-refractivity contribution in [2.75, 3.05) is 6.61 Å². The van der Waals surface area contributed by atoms with Gasteiger partial charge in [0.25, 0.3) is 0 Å². The highest BCUT2D eigenvalue weighted by molar-refractivity contribution is 14.1. The average Bonchev–Trinajstić information content (AvgIpc) is 2.32. The summed E-state index contributed by atoms with van der Waals surface area (Å²) in [5.74, 6) is -1.24. The highest BCUT2D eigenvalue weighted by atomic mass is 127. The minimum absolute atomic E-state index is 0.149. The molecule has 0 N–H and O–H groups in total. The van der Waals surface area contributed by atoms with Crippen molar-refractivity contribution in [1.29, 1.82) is 5.26 Å². The third kappa shape index (κ3) is 4.56. The van der Waals surface area contributed by atoms with Crippen molar-refractivity contribution in [1.82, 2.24) is 0 Å². The summed E-state index contributed by atoms with van der Waals surface area (Å²) < 4.78 is 45.7. The summed E-state index contributed by atoms with van der Waals surface area (Å²) in [5, 5.41) is 9.01. The molecule has 1 aromatic rings. The zero-order chi connectivity index (χ0) is 15.3. The van der Waals surface area contributed by atoms with Crippen LogP contribution in [0.1, 0.15) is 18.1 Å². The molecule has 20 heavy (non-hydrogen) atoms. The molecule has 0 saturated carbocycles. The summed E-state index contributed by atoms with van der Waals surface area (Å²) in [6.45, 7) is 1.76. The van der Waals surface area contributed by atoms with E-state index in [0.717, 1.165) is 6.07 Å². The Labute approximate surface area is 126 Å². The lowest BCUT2D eigenvalue weighted by Crippen LogP contribution is -2.19. The molecule has 0 aromatic heterocycles. The summed E-state index contributed by atoms with van der Waals surface area (Å²) in [6, 6.07) is 4.03. The second-order valence-corrected chi connectivity index (χ2v) is 4.70. The number of carbonyl (C=O) groups excluding carboxylic acids is 1. The van der Waals surface area contributed by atoms with Gasteiger partial charge in [0.15, 0.2) is 0 Å². The van der Waals surface area contributed by atoms with Gasteiger partial charge in [0.2, 0.25) is 0 Å². The fraction of sp³-hybridized carbons (Fsp3) is 0.333. The Hall–Kier alpha value is -1.50. The molecule has 0 saturated heterocycles. The predicted molar refractivity (Wildman–Crippen MR) is 70.9 cm³/mol. The molecule has 108 valence electrons. The lowest BCUT2D eigenvalue weighted by atomic mass is 10.0. The first-order valence-electron chi connectivity index (χ1n) is 5.41. The molecule has 1 rings (SSSR count). The zero-order valence-electron chi connectivity index (χ0n) is 10.3. The van der Waals surface area contributed by atoms with Crippen LogP contribution in [0.4, 0.5) is 13.2 Å². The molecule has 0 bridgehead atoms. The lowest BCUT2D eigenvalue weighted by Gasteiger charge is -2.13. The Bertz CT molecular complexity index is 552. The summed E-state index contributed by atoms with van der Waals surface area (Å²) in [7, 11) is 0. The minimum atomic E-state index is -4.90. The van der Waals surface area contributed by atoms with Crippen molar-refractivity contribution in [2.24, 2.45) is 0 Å². The standard InChI is InChI=1S/C12H9F3INO3/c1-2-19-11(18)5-7-8(6-17)10(4-3-9(7)16)20-12(13,14)15/h3-4H,2,5H2,1H3. The quantitative estimate of drug-likeness (QED) is 0.577. The summed E-state index contributed by atoms with van der Waals surface area (Å²) in [6.07, 6.45) is -5.19. The molecule has 0 radical (unpaired) electrons. The van der Waals surface area contributed by atoms with Gasteiger partial charge in [-0.15, -0.1) is 13.2 Å². The first-order chi connectivity index (χ1) is 9.28. The maximum atomic E-state index is 12.2. The van der Waals surface area contributed by atoms with Gasteiger partial charge in [-0.3, -0.25) is 4.79 Å². The molecule has 0 aliphatic heterocycles. The van der Waals surface area contributed by atoms with Gasteiger partial charge < -0.3 is 9.47 Å². The van der Waals surface area contributed by atoms with Crippen LogP contribution in [-0.2, 0) is 16.0 Å². The van der Waals surface area contributed by atoms with E-state index in [4.69, 9.17) is 10.00 Å². The second kappa shape index (κ2) is 6.78. The Morgan fingerprint density at radius 3 is 2.60 bits per heavy atom. The molecule has 4 nitrogen and oxygen atoms in total. The van der Waals surface area contributed by atoms with Crippen LogP contribution in [0.2, 0.25) is 0 Å². The van der Waals surface area contributed by atoms with Crippen molar-refractivity contribution in [3.8, 4) is 11.8 Å². The molecular weight excluding hydrogens is 390 g/mol. The van der Waals surface area contributed by atoms with E-state index in [-0.39, 0.29) is 24.2 Å². The molecule has 8 heteroatoms. The van der Waals surface area contributed by atoms with Crippen LogP contribution in [0, 0.1) is 14.9 Å². The zero-order valence-corrected chi connectivity index (χ0v) is 12.4. The van der Waals surface area contributed by atoms with Crippen LogP contribution >= 0.6 is 22.6 Å². The number of carbonyl (C=O) groups is 1. The van der Waals surface area contributed by atoms with E-state index >= 15 is 0 Å². The van der Waals surface area contributed by atoms with Crippen molar-refractivity contribution in [2.45, 2.75) is 19.7 Å². The van der Waals surface area contributed by atoms with Crippen LogP contribution < -0.4 is 4.74 Å². The first-order valence-corrected chi connectivity index (χ1v) is 6.49. The largest absolute Gasteiger partial charge is 0.573 e. The molecule has 1 aromatic carbocycles. The maximum absolute atomic E-state index is 12.2. The van der Waals surface area contributed by atoms with Crippen molar-refractivity contribution < 1.29 is 27.4 Å². The Morgan fingerprint density at radius 1 is 1.45 bits per heavy atom. The SMILES string of the molecule is CCOC(=O)Cc1c(I)ccc(OC(F)(F)F)c1C#N.